The molecule has 17 heavy (non-hydrogen) atoms. The molecule has 2 amide bonds. The van der Waals surface area contributed by atoms with E-state index in [0.29, 0.717) is 19.4 Å². The van der Waals surface area contributed by atoms with E-state index < -0.39 is 11.4 Å². The minimum Gasteiger partial charge on any atom is -0.481 e. The Hall–Kier alpha value is -1.26. The molecule has 0 saturated heterocycles. The first-order chi connectivity index (χ1) is 8.12. The Kier molecular flexibility index (Phi) is 3.54. The van der Waals surface area contributed by atoms with Gasteiger partial charge in [0.2, 0.25) is 0 Å². The summed E-state index contributed by atoms with van der Waals surface area (Å²) in [6.07, 6.45) is 6.27. The lowest BCUT2D eigenvalue weighted by atomic mass is 9.83. The van der Waals surface area contributed by atoms with Gasteiger partial charge in [0, 0.05) is 13.1 Å². The maximum Gasteiger partial charge on any atom is 0.314 e. The van der Waals surface area contributed by atoms with Crippen LogP contribution in [0.2, 0.25) is 0 Å². The molecule has 2 fully saturated rings. The van der Waals surface area contributed by atoms with E-state index in [4.69, 9.17) is 5.11 Å². The van der Waals surface area contributed by atoms with Gasteiger partial charge in [0.1, 0.15) is 0 Å². The van der Waals surface area contributed by atoms with Crippen molar-refractivity contribution in [1.82, 2.24) is 10.6 Å². The number of carboxylic acid groups (broad SMARTS) is 1. The van der Waals surface area contributed by atoms with Crippen molar-refractivity contribution in [1.29, 1.82) is 0 Å². The molecule has 2 aliphatic rings. The van der Waals surface area contributed by atoms with Crippen LogP contribution < -0.4 is 10.6 Å². The maximum atomic E-state index is 11.4. The molecule has 0 spiro atoms. The van der Waals surface area contributed by atoms with Gasteiger partial charge in [-0.25, -0.2) is 4.79 Å². The van der Waals surface area contributed by atoms with Crippen molar-refractivity contribution in [2.45, 2.75) is 38.5 Å². The van der Waals surface area contributed by atoms with Crippen LogP contribution in [-0.4, -0.2) is 30.2 Å². The van der Waals surface area contributed by atoms with Gasteiger partial charge >= 0.3 is 12.0 Å². The fourth-order valence-electron chi connectivity index (χ4n) is 2.10. The zero-order chi connectivity index (χ0) is 12.3. The topological polar surface area (TPSA) is 78.4 Å². The zero-order valence-electron chi connectivity index (χ0n) is 10.00. The number of amides is 2. The van der Waals surface area contributed by atoms with Gasteiger partial charge in [-0.15, -0.1) is 0 Å². The summed E-state index contributed by atoms with van der Waals surface area (Å²) in [5.74, 6) is -0.0173. The molecule has 2 aliphatic carbocycles. The van der Waals surface area contributed by atoms with Crippen molar-refractivity contribution in [3.8, 4) is 0 Å². The third kappa shape index (κ3) is 3.11. The molecule has 3 N–H and O–H groups in total. The third-order valence-electron chi connectivity index (χ3n) is 3.96. The Balaban J connectivity index is 1.56. The van der Waals surface area contributed by atoms with Crippen LogP contribution in [0.4, 0.5) is 4.79 Å². The van der Waals surface area contributed by atoms with Crippen molar-refractivity contribution in [2.24, 2.45) is 11.3 Å². The quantitative estimate of drug-likeness (QED) is 0.655. The van der Waals surface area contributed by atoms with E-state index in [9.17, 15) is 9.59 Å². The predicted molar refractivity (Wildman–Crippen MR) is 62.7 cm³/mol. The van der Waals surface area contributed by atoms with Crippen LogP contribution in [-0.2, 0) is 4.79 Å². The first-order valence-electron chi connectivity index (χ1n) is 6.37. The standard InChI is InChI=1S/C12H20N2O3/c15-10(16)12(5-6-12)8-14-11(17)13-7-4-9-2-1-3-9/h9H,1-8H2,(H,15,16)(H2,13,14,17). The Morgan fingerprint density at radius 1 is 1.24 bits per heavy atom. The Morgan fingerprint density at radius 2 is 1.94 bits per heavy atom. The number of rotatable bonds is 6. The number of carbonyl (C=O) groups excluding carboxylic acids is 1. The highest BCUT2D eigenvalue weighted by Crippen LogP contribution is 2.45. The monoisotopic (exact) mass is 240 g/mol. The van der Waals surface area contributed by atoms with Crippen LogP contribution in [0.25, 0.3) is 0 Å². The van der Waals surface area contributed by atoms with Crippen LogP contribution in [0.15, 0.2) is 0 Å². The van der Waals surface area contributed by atoms with E-state index >= 15 is 0 Å². The van der Waals surface area contributed by atoms with Crippen LogP contribution >= 0.6 is 0 Å². The summed E-state index contributed by atoms with van der Waals surface area (Å²) in [5.41, 5.74) is -0.675. The summed E-state index contributed by atoms with van der Waals surface area (Å²) in [5, 5.41) is 14.4. The van der Waals surface area contributed by atoms with E-state index in [2.05, 4.69) is 10.6 Å². The lowest BCUT2D eigenvalue weighted by Gasteiger charge is -2.25. The molecule has 0 atom stereocenters. The first kappa shape index (κ1) is 12.2. The number of hydrogen-bond donors (Lipinski definition) is 3. The van der Waals surface area contributed by atoms with Crippen LogP contribution in [0.5, 0.6) is 0 Å². The molecular weight excluding hydrogens is 220 g/mol. The van der Waals surface area contributed by atoms with E-state index in [1.54, 1.807) is 0 Å². The molecule has 0 unspecified atom stereocenters. The summed E-state index contributed by atoms with van der Waals surface area (Å²) in [6.45, 7) is 0.939. The summed E-state index contributed by atoms with van der Waals surface area (Å²) in [4.78, 5) is 22.3. The number of carbonyl (C=O) groups is 2. The normalized spacial score (nSPS) is 21.4. The summed E-state index contributed by atoms with van der Waals surface area (Å²) in [7, 11) is 0. The molecule has 2 rings (SSSR count). The highest BCUT2D eigenvalue weighted by Gasteiger charge is 2.50. The molecule has 0 aromatic rings. The smallest absolute Gasteiger partial charge is 0.314 e. The molecule has 0 aliphatic heterocycles. The van der Waals surface area contributed by atoms with Crippen molar-refractivity contribution in [3.63, 3.8) is 0 Å². The molecule has 2 saturated carbocycles. The van der Waals surface area contributed by atoms with Gasteiger partial charge in [-0.2, -0.15) is 0 Å². The largest absolute Gasteiger partial charge is 0.481 e. The van der Waals surface area contributed by atoms with Gasteiger partial charge in [0.25, 0.3) is 0 Å². The Morgan fingerprint density at radius 3 is 2.41 bits per heavy atom. The van der Waals surface area contributed by atoms with Crippen molar-refractivity contribution in [3.05, 3.63) is 0 Å². The van der Waals surface area contributed by atoms with E-state index in [-0.39, 0.29) is 12.6 Å². The van der Waals surface area contributed by atoms with E-state index in [1.165, 1.54) is 19.3 Å². The maximum absolute atomic E-state index is 11.4. The highest BCUT2D eigenvalue weighted by molar-refractivity contribution is 5.80. The fraction of sp³-hybridized carbons (Fsp3) is 0.833. The number of aliphatic carboxylic acids is 1. The van der Waals surface area contributed by atoms with Crippen LogP contribution in [0.3, 0.4) is 0 Å². The van der Waals surface area contributed by atoms with Crippen molar-refractivity contribution in [2.75, 3.05) is 13.1 Å². The van der Waals surface area contributed by atoms with Gasteiger partial charge in [0.15, 0.2) is 0 Å². The zero-order valence-corrected chi connectivity index (χ0v) is 10.00. The summed E-state index contributed by atoms with van der Waals surface area (Å²) >= 11 is 0. The summed E-state index contributed by atoms with van der Waals surface area (Å²) in [6, 6.07) is -0.239. The number of hydrogen-bond acceptors (Lipinski definition) is 2. The van der Waals surface area contributed by atoms with E-state index in [0.717, 1.165) is 12.3 Å². The number of nitrogens with one attached hydrogen (secondary N) is 2. The first-order valence-corrected chi connectivity index (χ1v) is 6.37. The highest BCUT2D eigenvalue weighted by atomic mass is 16.4. The molecule has 0 bridgehead atoms. The van der Waals surface area contributed by atoms with Crippen molar-refractivity contribution < 1.29 is 14.7 Å². The second-order valence-electron chi connectivity index (χ2n) is 5.28. The average Bonchev–Trinajstić information content (AvgIpc) is 3.00. The van der Waals surface area contributed by atoms with Gasteiger partial charge in [-0.05, 0) is 25.2 Å². The molecule has 5 nitrogen and oxygen atoms in total. The Bertz CT molecular complexity index is 309. The number of urea groups is 1. The van der Waals surface area contributed by atoms with Gasteiger partial charge in [0.05, 0.1) is 5.41 Å². The van der Waals surface area contributed by atoms with Crippen molar-refractivity contribution >= 4 is 12.0 Å². The SMILES string of the molecule is O=C(NCCC1CCC1)NCC1(C(=O)O)CC1. The lowest BCUT2D eigenvalue weighted by Crippen LogP contribution is -2.41. The average molecular weight is 240 g/mol. The second-order valence-corrected chi connectivity index (χ2v) is 5.28. The minimum absolute atomic E-state index is 0.239. The Labute approximate surface area is 101 Å². The van der Waals surface area contributed by atoms with E-state index in [1.807, 2.05) is 0 Å². The van der Waals surface area contributed by atoms with Gasteiger partial charge in [-0.3, -0.25) is 4.79 Å². The number of carboxylic acids is 1. The predicted octanol–water partition coefficient (Wildman–Crippen LogP) is 1.34. The fourth-order valence-corrected chi connectivity index (χ4v) is 2.10. The third-order valence-corrected chi connectivity index (χ3v) is 3.96. The molecule has 0 heterocycles. The van der Waals surface area contributed by atoms with Crippen LogP contribution in [0.1, 0.15) is 38.5 Å². The molecule has 0 aromatic heterocycles. The van der Waals surface area contributed by atoms with Gasteiger partial charge < -0.3 is 15.7 Å². The molecule has 96 valence electrons. The minimum atomic E-state index is -0.799. The molecule has 5 heteroatoms. The molecular formula is C12H20N2O3. The second kappa shape index (κ2) is 4.94. The molecule has 0 radical (unpaired) electrons. The summed E-state index contributed by atoms with van der Waals surface area (Å²) < 4.78 is 0. The van der Waals surface area contributed by atoms with Gasteiger partial charge in [-0.1, -0.05) is 19.3 Å². The lowest BCUT2D eigenvalue weighted by molar-refractivity contribution is -0.143. The molecule has 0 aromatic carbocycles. The van der Waals surface area contributed by atoms with Crippen LogP contribution in [0, 0.1) is 11.3 Å².